The topological polar surface area (TPSA) is 68.8 Å². The Bertz CT molecular complexity index is 582. The van der Waals surface area contributed by atoms with Gasteiger partial charge in [0.1, 0.15) is 6.54 Å². The summed E-state index contributed by atoms with van der Waals surface area (Å²) in [5.41, 5.74) is 2.22. The first kappa shape index (κ1) is 12.2. The number of nitrogens with zero attached hydrogens (tertiary/aromatic N) is 4. The minimum absolute atomic E-state index is 0.127. The maximum absolute atomic E-state index is 5.63. The Balaban J connectivity index is 1.69. The largest absolute Gasteiger partial charge is 0.406 e. The molecular weight excluding hydrogens is 242 g/mol. The van der Waals surface area contributed by atoms with E-state index in [0.29, 0.717) is 18.5 Å². The predicted molar refractivity (Wildman–Crippen MR) is 71.0 cm³/mol. The van der Waals surface area contributed by atoms with E-state index in [1.54, 1.807) is 0 Å². The molecule has 1 saturated carbocycles. The number of hydrogen-bond donors (Lipinski definition) is 1. The molecule has 0 bridgehead atoms. The summed E-state index contributed by atoms with van der Waals surface area (Å²) >= 11 is 0. The molecule has 3 rings (SSSR count). The molecule has 6 nitrogen and oxygen atoms in total. The van der Waals surface area contributed by atoms with Crippen molar-refractivity contribution in [3.05, 3.63) is 23.3 Å². The summed E-state index contributed by atoms with van der Waals surface area (Å²) in [4.78, 5) is 0. The molecule has 102 valence electrons. The molecule has 1 aliphatic rings. The van der Waals surface area contributed by atoms with Crippen LogP contribution >= 0.6 is 0 Å². The highest BCUT2D eigenvalue weighted by Crippen LogP contribution is 2.34. The minimum atomic E-state index is 0.127. The van der Waals surface area contributed by atoms with Crippen LogP contribution in [0.2, 0.25) is 0 Å². The van der Waals surface area contributed by atoms with E-state index < -0.39 is 0 Å². The molecule has 2 heterocycles. The van der Waals surface area contributed by atoms with Gasteiger partial charge in [0.05, 0.1) is 5.69 Å². The fraction of sp³-hybridized carbons (Fsp3) is 0.615. The molecule has 0 amide bonds. The molecule has 0 aromatic carbocycles. The second-order valence-corrected chi connectivity index (χ2v) is 5.62. The van der Waals surface area contributed by atoms with Crippen LogP contribution < -0.4 is 5.32 Å². The molecule has 0 aliphatic heterocycles. The average Bonchev–Trinajstić information content (AvgIpc) is 2.85. The summed E-state index contributed by atoms with van der Waals surface area (Å²) in [7, 11) is 0. The molecule has 0 spiro atoms. The van der Waals surface area contributed by atoms with E-state index in [1.807, 2.05) is 24.6 Å². The number of rotatable bonds is 4. The van der Waals surface area contributed by atoms with Gasteiger partial charge in [-0.2, -0.15) is 5.10 Å². The first-order valence-corrected chi connectivity index (χ1v) is 6.66. The fourth-order valence-corrected chi connectivity index (χ4v) is 2.42. The van der Waals surface area contributed by atoms with Crippen molar-refractivity contribution in [2.24, 2.45) is 0 Å². The zero-order chi connectivity index (χ0) is 13.5. The zero-order valence-corrected chi connectivity index (χ0v) is 11.6. The summed E-state index contributed by atoms with van der Waals surface area (Å²) in [6.07, 6.45) is 3.57. The minimum Gasteiger partial charge on any atom is -0.406 e. The number of hydrogen-bond acceptors (Lipinski definition) is 5. The van der Waals surface area contributed by atoms with Crippen molar-refractivity contribution in [3.63, 3.8) is 0 Å². The van der Waals surface area contributed by atoms with Crippen molar-refractivity contribution in [2.75, 3.05) is 5.32 Å². The molecule has 0 atom stereocenters. The van der Waals surface area contributed by atoms with Crippen molar-refractivity contribution in [1.29, 1.82) is 0 Å². The summed E-state index contributed by atoms with van der Waals surface area (Å²) in [5, 5.41) is 15.8. The molecule has 1 fully saturated rings. The van der Waals surface area contributed by atoms with E-state index in [0.717, 1.165) is 24.2 Å². The second kappa shape index (κ2) is 4.36. The number of aryl methyl sites for hydroxylation is 2. The summed E-state index contributed by atoms with van der Waals surface area (Å²) in [5.74, 6) is 0.580. The Morgan fingerprint density at radius 1 is 1.37 bits per heavy atom. The van der Waals surface area contributed by atoms with Gasteiger partial charge in [-0.15, -0.1) is 5.10 Å². The van der Waals surface area contributed by atoms with Crippen molar-refractivity contribution in [2.45, 2.75) is 52.1 Å². The van der Waals surface area contributed by atoms with Crippen molar-refractivity contribution in [1.82, 2.24) is 20.0 Å². The van der Waals surface area contributed by atoms with E-state index in [2.05, 4.69) is 27.5 Å². The van der Waals surface area contributed by atoms with Crippen molar-refractivity contribution in [3.8, 4) is 0 Å². The Morgan fingerprint density at radius 3 is 2.74 bits per heavy atom. The smallest absolute Gasteiger partial charge is 0.315 e. The Morgan fingerprint density at radius 2 is 2.16 bits per heavy atom. The normalized spacial score (nSPS) is 17.2. The van der Waals surface area contributed by atoms with E-state index in [9.17, 15) is 0 Å². The lowest BCUT2D eigenvalue weighted by Gasteiger charge is -2.38. The van der Waals surface area contributed by atoms with Gasteiger partial charge in [0, 0.05) is 11.2 Å². The molecule has 0 unspecified atom stereocenters. The third-order valence-corrected chi connectivity index (χ3v) is 3.72. The highest BCUT2D eigenvalue weighted by molar-refractivity contribution is 5.25. The summed E-state index contributed by atoms with van der Waals surface area (Å²) < 4.78 is 7.50. The Kier molecular flexibility index (Phi) is 2.80. The second-order valence-electron chi connectivity index (χ2n) is 5.62. The molecule has 1 N–H and O–H groups in total. The van der Waals surface area contributed by atoms with Crippen LogP contribution in [-0.2, 0) is 6.54 Å². The van der Waals surface area contributed by atoms with Gasteiger partial charge in [-0.3, -0.25) is 4.68 Å². The number of nitrogens with one attached hydrogen (secondary N) is 1. The third kappa shape index (κ3) is 2.47. The van der Waals surface area contributed by atoms with Crippen LogP contribution in [0, 0.1) is 13.8 Å². The van der Waals surface area contributed by atoms with Crippen LogP contribution in [0.4, 0.5) is 6.01 Å². The van der Waals surface area contributed by atoms with Gasteiger partial charge in [-0.1, -0.05) is 5.10 Å². The average molecular weight is 261 g/mol. The molecule has 19 heavy (non-hydrogen) atoms. The molecule has 2 aromatic heterocycles. The van der Waals surface area contributed by atoms with E-state index >= 15 is 0 Å². The first-order valence-electron chi connectivity index (χ1n) is 6.66. The van der Waals surface area contributed by atoms with Gasteiger partial charge in [0.15, 0.2) is 0 Å². The first-order chi connectivity index (χ1) is 9.04. The van der Waals surface area contributed by atoms with Crippen molar-refractivity contribution < 1.29 is 4.42 Å². The van der Waals surface area contributed by atoms with Crippen LogP contribution in [0.25, 0.3) is 0 Å². The molecule has 2 aromatic rings. The van der Waals surface area contributed by atoms with Gasteiger partial charge in [0.2, 0.25) is 5.89 Å². The van der Waals surface area contributed by atoms with Crippen LogP contribution in [0.15, 0.2) is 10.5 Å². The number of anilines is 1. The lowest BCUT2D eigenvalue weighted by Crippen LogP contribution is -2.41. The van der Waals surface area contributed by atoms with Crippen LogP contribution in [0.3, 0.4) is 0 Å². The van der Waals surface area contributed by atoms with E-state index in [4.69, 9.17) is 4.42 Å². The summed E-state index contributed by atoms with van der Waals surface area (Å²) in [6.45, 7) is 6.69. The lowest BCUT2D eigenvalue weighted by atomic mass is 9.79. The molecular formula is C13H19N5O. The summed E-state index contributed by atoms with van der Waals surface area (Å²) in [6, 6.07) is 2.55. The molecule has 6 heteroatoms. The SMILES string of the molecule is Cc1cc(C)n(Cc2nnc(NC3(C)CCC3)o2)n1. The predicted octanol–water partition coefficient (Wildman–Crippen LogP) is 2.29. The third-order valence-electron chi connectivity index (χ3n) is 3.72. The van der Waals surface area contributed by atoms with E-state index in [-0.39, 0.29) is 5.54 Å². The van der Waals surface area contributed by atoms with Gasteiger partial charge in [-0.25, -0.2) is 0 Å². The van der Waals surface area contributed by atoms with Gasteiger partial charge in [-0.05, 0) is 46.1 Å². The molecule has 1 aliphatic carbocycles. The Hall–Kier alpha value is -1.85. The highest BCUT2D eigenvalue weighted by Gasteiger charge is 2.33. The van der Waals surface area contributed by atoms with Gasteiger partial charge < -0.3 is 9.73 Å². The standard InChI is InChI=1S/C13H19N5O/c1-9-7-10(2)18(17-9)8-11-15-16-12(19-11)14-13(3)5-4-6-13/h7H,4-6,8H2,1-3H3,(H,14,16). The number of aromatic nitrogens is 4. The van der Waals surface area contributed by atoms with Crippen LogP contribution in [-0.4, -0.2) is 25.5 Å². The maximum atomic E-state index is 5.63. The quantitative estimate of drug-likeness (QED) is 0.914. The van der Waals surface area contributed by atoms with E-state index in [1.165, 1.54) is 6.42 Å². The molecule has 0 saturated heterocycles. The van der Waals surface area contributed by atoms with Crippen molar-refractivity contribution >= 4 is 6.01 Å². The van der Waals surface area contributed by atoms with Crippen LogP contribution in [0.5, 0.6) is 0 Å². The highest BCUT2D eigenvalue weighted by atomic mass is 16.4. The lowest BCUT2D eigenvalue weighted by molar-refractivity contribution is 0.297. The monoisotopic (exact) mass is 261 g/mol. The van der Waals surface area contributed by atoms with Crippen LogP contribution in [0.1, 0.15) is 43.5 Å². The van der Waals surface area contributed by atoms with Gasteiger partial charge >= 0.3 is 6.01 Å². The Labute approximate surface area is 112 Å². The maximum Gasteiger partial charge on any atom is 0.315 e. The molecule has 0 radical (unpaired) electrons. The zero-order valence-electron chi connectivity index (χ0n) is 11.6. The van der Waals surface area contributed by atoms with Gasteiger partial charge in [0.25, 0.3) is 0 Å². The fourth-order valence-electron chi connectivity index (χ4n) is 2.42.